The van der Waals surface area contributed by atoms with E-state index in [1.807, 2.05) is 25.1 Å². The lowest BCUT2D eigenvalue weighted by atomic mass is 9.68. The number of methoxy groups -OCH3 is 1. The van der Waals surface area contributed by atoms with Gasteiger partial charge in [-0.25, -0.2) is 13.8 Å². The van der Waals surface area contributed by atoms with Crippen LogP contribution in [0.15, 0.2) is 52.9 Å². The number of urea groups is 1. The maximum atomic E-state index is 14.6. The van der Waals surface area contributed by atoms with E-state index >= 15 is 0 Å². The lowest BCUT2D eigenvalue weighted by Crippen LogP contribution is -2.60. The number of hydrogen-bond donors (Lipinski definition) is 1. The minimum atomic E-state index is -3.59. The number of fused-ring (bicyclic) bond motifs is 4. The lowest BCUT2D eigenvalue weighted by Gasteiger charge is -2.46. The van der Waals surface area contributed by atoms with E-state index in [-0.39, 0.29) is 41.8 Å². The van der Waals surface area contributed by atoms with Crippen LogP contribution in [0.1, 0.15) is 60.5 Å². The average molecular weight is 810 g/mol. The second kappa shape index (κ2) is 16.2. The van der Waals surface area contributed by atoms with E-state index in [0.29, 0.717) is 63.5 Å². The van der Waals surface area contributed by atoms with Gasteiger partial charge >= 0.3 is 12.1 Å². The fraction of sp³-hybridized carbons (Fsp3) is 0.585. The highest BCUT2D eigenvalue weighted by atomic mass is 35.5. The maximum Gasteiger partial charge on any atom is 0.410 e. The van der Waals surface area contributed by atoms with Gasteiger partial charge in [-0.15, -0.1) is 4.36 Å². The molecule has 2 bridgehead atoms. The number of carbonyl (C=O) groups excluding carboxylic acids is 3. The van der Waals surface area contributed by atoms with Gasteiger partial charge in [0.25, 0.3) is 5.91 Å². The van der Waals surface area contributed by atoms with Crippen molar-refractivity contribution < 1.29 is 37.5 Å². The molecule has 2 aliphatic carbocycles. The molecule has 13 nitrogen and oxygen atoms in total. The quantitative estimate of drug-likeness (QED) is 0.380. The molecule has 1 unspecified atom stereocenters. The minimum absolute atomic E-state index is 0.0338. The first kappa shape index (κ1) is 39.0. The van der Waals surface area contributed by atoms with Crippen molar-refractivity contribution in [2.75, 3.05) is 76.9 Å². The van der Waals surface area contributed by atoms with Crippen molar-refractivity contribution in [3.05, 3.63) is 70.3 Å². The largest absolute Gasteiger partial charge is 0.490 e. The molecule has 302 valence electrons. The van der Waals surface area contributed by atoms with Crippen LogP contribution in [-0.4, -0.2) is 116 Å². The molecule has 0 radical (unpaired) electrons. The first-order valence-corrected chi connectivity index (χ1v) is 22.0. The second-order valence-corrected chi connectivity index (χ2v) is 18.8. The number of morpholine rings is 1. The Hall–Kier alpha value is -3.85. The number of nitrogens with zero attached hydrogens (tertiary/aromatic N) is 4. The van der Waals surface area contributed by atoms with Crippen LogP contribution in [-0.2, 0) is 36.0 Å². The molecule has 4 heterocycles. The molecule has 1 spiro atoms. The molecule has 2 aromatic rings. The summed E-state index contributed by atoms with van der Waals surface area (Å²) >= 11 is 6.47. The number of likely N-dealkylation sites (tertiary alicyclic amines) is 1. The van der Waals surface area contributed by atoms with Crippen LogP contribution in [0.4, 0.5) is 15.3 Å². The van der Waals surface area contributed by atoms with Gasteiger partial charge in [0.2, 0.25) is 0 Å². The van der Waals surface area contributed by atoms with Gasteiger partial charge in [0, 0.05) is 49.3 Å². The summed E-state index contributed by atoms with van der Waals surface area (Å²) in [5, 5.41) is 0.729. The summed E-state index contributed by atoms with van der Waals surface area (Å²) in [6.45, 7) is 5.98. The lowest BCUT2D eigenvalue weighted by molar-refractivity contribution is -0.0246. The number of aryl methyl sites for hydroxylation is 1. The molecule has 2 aromatic carbocycles. The topological polar surface area (TPSA) is 139 Å². The van der Waals surface area contributed by atoms with E-state index < -0.39 is 34.1 Å². The van der Waals surface area contributed by atoms with Crippen molar-refractivity contribution in [3.63, 3.8) is 0 Å². The minimum Gasteiger partial charge on any atom is -0.490 e. The summed E-state index contributed by atoms with van der Waals surface area (Å²) in [5.74, 6) is 0.478. The zero-order valence-corrected chi connectivity index (χ0v) is 33.7. The highest BCUT2D eigenvalue weighted by Gasteiger charge is 2.45. The third kappa shape index (κ3) is 8.12. The molecule has 1 saturated carbocycles. The van der Waals surface area contributed by atoms with Gasteiger partial charge in [0.15, 0.2) is 0 Å². The molecule has 4 amide bonds. The van der Waals surface area contributed by atoms with Gasteiger partial charge in [-0.05, 0) is 97.7 Å². The van der Waals surface area contributed by atoms with E-state index in [0.717, 1.165) is 49.4 Å². The van der Waals surface area contributed by atoms with Crippen molar-refractivity contribution in [3.8, 4) is 5.75 Å². The highest BCUT2D eigenvalue weighted by molar-refractivity contribution is 7.92. The number of hydrogen-bond acceptors (Lipinski definition) is 9. The first-order valence-electron chi connectivity index (χ1n) is 19.9. The maximum absolute atomic E-state index is 14.6. The molecular formula is C41H52ClN5O8S. The number of allylic oxidation sites excluding steroid dienone is 1. The Morgan fingerprint density at radius 3 is 2.66 bits per heavy atom. The third-order valence-corrected chi connectivity index (χ3v) is 14.6. The van der Waals surface area contributed by atoms with Gasteiger partial charge in [0.05, 0.1) is 50.5 Å². The Bertz CT molecular complexity index is 1990. The Labute approximate surface area is 334 Å². The molecular weight excluding hydrogens is 758 g/mol. The Kier molecular flexibility index (Phi) is 11.3. The van der Waals surface area contributed by atoms with Crippen molar-refractivity contribution in [2.24, 2.45) is 22.1 Å². The molecule has 8 rings (SSSR count). The number of amides is 4. The third-order valence-electron chi connectivity index (χ3n) is 12.4. The summed E-state index contributed by atoms with van der Waals surface area (Å²) in [7, 11) is -1.83. The van der Waals surface area contributed by atoms with Crippen molar-refractivity contribution in [1.29, 1.82) is 0 Å². The standard InChI is InChI=1S/C41H52ClN5O8S/c1-27-5-3-7-36(52-2)33-11-8-30(33)21-47-25-41(14-4-6-28-19-31(42)10-12-34(28)41)26-54-37-13-9-29(20-35(37)47)38(48)43-56(51,24-27)44-39(49)46-22-32(23-46)55-40(50)45-15-17-53-18-16-45/h3,7,9-10,12-13,19-20,27,30,32-33,36H,4-6,8,11,14-18,21-26H2,1-2H3,(H,43,44,48,49,51)/b7-3-/t27-,30-,33+,36-,41-,56?/m0/s1. The average Bonchev–Trinajstić information content (AvgIpc) is 3.30. The number of benzene rings is 2. The predicted molar refractivity (Wildman–Crippen MR) is 213 cm³/mol. The fourth-order valence-electron chi connectivity index (χ4n) is 9.21. The molecule has 1 N–H and O–H groups in total. The Morgan fingerprint density at radius 2 is 1.89 bits per heavy atom. The molecule has 4 aliphatic heterocycles. The number of ether oxygens (including phenoxy) is 4. The van der Waals surface area contributed by atoms with Gasteiger partial charge in [-0.3, -0.25) is 9.52 Å². The van der Waals surface area contributed by atoms with Gasteiger partial charge in [-0.2, -0.15) is 0 Å². The smallest absolute Gasteiger partial charge is 0.410 e. The Morgan fingerprint density at radius 1 is 1.07 bits per heavy atom. The fourth-order valence-corrected chi connectivity index (χ4v) is 11.3. The molecule has 56 heavy (non-hydrogen) atoms. The summed E-state index contributed by atoms with van der Waals surface area (Å²) in [4.78, 5) is 45.5. The van der Waals surface area contributed by atoms with Crippen molar-refractivity contribution in [2.45, 2.75) is 63.1 Å². The van der Waals surface area contributed by atoms with Crippen LogP contribution in [0.3, 0.4) is 0 Å². The normalized spacial score (nSPS) is 31.3. The molecule has 6 aliphatic rings. The molecule has 3 fully saturated rings. The van der Waals surface area contributed by atoms with Crippen LogP contribution in [0.5, 0.6) is 5.75 Å². The molecule has 2 saturated heterocycles. The van der Waals surface area contributed by atoms with Gasteiger partial charge < -0.3 is 33.6 Å². The van der Waals surface area contributed by atoms with Crippen LogP contribution in [0.2, 0.25) is 5.02 Å². The summed E-state index contributed by atoms with van der Waals surface area (Å²) < 4.78 is 45.1. The number of halogens is 1. The highest BCUT2D eigenvalue weighted by Crippen LogP contribution is 2.47. The molecule has 6 atom stereocenters. The number of nitrogens with one attached hydrogen (secondary N) is 1. The van der Waals surface area contributed by atoms with Crippen molar-refractivity contribution >= 4 is 45.2 Å². The number of anilines is 1. The van der Waals surface area contributed by atoms with E-state index in [9.17, 15) is 18.6 Å². The summed E-state index contributed by atoms with van der Waals surface area (Å²) in [6.07, 6.45) is 8.78. The van der Waals surface area contributed by atoms with E-state index in [1.54, 1.807) is 18.1 Å². The van der Waals surface area contributed by atoms with E-state index in [2.05, 4.69) is 38.3 Å². The zero-order valence-electron chi connectivity index (χ0n) is 32.2. The van der Waals surface area contributed by atoms with Crippen LogP contribution < -0.4 is 14.4 Å². The van der Waals surface area contributed by atoms with E-state index in [4.69, 9.17) is 30.5 Å². The predicted octanol–water partition coefficient (Wildman–Crippen LogP) is 5.84. The van der Waals surface area contributed by atoms with Crippen molar-refractivity contribution in [1.82, 2.24) is 14.5 Å². The summed E-state index contributed by atoms with van der Waals surface area (Å²) in [6, 6.07) is 10.9. The monoisotopic (exact) mass is 809 g/mol. The van der Waals surface area contributed by atoms with Crippen LogP contribution in [0.25, 0.3) is 0 Å². The SMILES string of the molecule is CO[C@H]1/C=C\C[C@H](C)CS(=O)(NC(=O)N2CC(OC(=O)N3CCOCC3)C2)=NC(=O)c2ccc3c(c2)N(C[C@@H]2CC[C@H]21)C[C@@]1(CCCc2cc(Cl)ccc21)CO3. The summed E-state index contributed by atoms with van der Waals surface area (Å²) in [5.41, 5.74) is 3.30. The van der Waals surface area contributed by atoms with E-state index in [1.165, 1.54) is 16.0 Å². The Balaban J connectivity index is 1.08. The van der Waals surface area contributed by atoms with Crippen LogP contribution in [0, 0.1) is 17.8 Å². The zero-order chi connectivity index (χ0) is 39.0. The molecule has 15 heteroatoms. The number of carbonyl (C=O) groups is 3. The first-order chi connectivity index (χ1) is 27.0. The second-order valence-electron chi connectivity index (χ2n) is 16.4. The van der Waals surface area contributed by atoms with Gasteiger partial charge in [-0.1, -0.05) is 36.7 Å². The van der Waals surface area contributed by atoms with Gasteiger partial charge in [0.1, 0.15) is 21.8 Å². The molecule has 0 aromatic heterocycles. The number of rotatable bonds is 3. The van der Waals surface area contributed by atoms with Crippen LogP contribution >= 0.6 is 11.6 Å².